The van der Waals surface area contributed by atoms with Gasteiger partial charge in [0.25, 0.3) is 11.4 Å². The van der Waals surface area contributed by atoms with Crippen LogP contribution in [0.5, 0.6) is 11.5 Å². The number of rotatable bonds is 12. The van der Waals surface area contributed by atoms with Crippen molar-refractivity contribution in [2.75, 3.05) is 26.3 Å². The fourth-order valence-corrected chi connectivity index (χ4v) is 2.95. The lowest BCUT2D eigenvalue weighted by atomic mass is 10.0. The zero-order valence-corrected chi connectivity index (χ0v) is 18.8. The third kappa shape index (κ3) is 8.64. The molecule has 0 aliphatic carbocycles. The van der Waals surface area contributed by atoms with Crippen LogP contribution in [0.25, 0.3) is 0 Å². The maximum absolute atomic E-state index is 10.7. The van der Waals surface area contributed by atoms with Crippen molar-refractivity contribution in [3.63, 3.8) is 0 Å². The maximum atomic E-state index is 10.7. The monoisotopic (exact) mass is 463 g/mol. The Hall–Kier alpha value is -3.28. The van der Waals surface area contributed by atoms with Gasteiger partial charge < -0.3 is 19.7 Å². The number of ether oxygens (including phenoxy) is 2. The topological polar surface area (TPSA) is 148 Å². The minimum absolute atomic E-state index is 0.0280. The summed E-state index contributed by atoms with van der Waals surface area (Å²) in [7, 11) is 0. The van der Waals surface area contributed by atoms with Crippen LogP contribution in [0, 0.1) is 20.2 Å². The van der Waals surface area contributed by atoms with E-state index in [1.165, 1.54) is 48.5 Å². The van der Waals surface area contributed by atoms with E-state index < -0.39 is 22.1 Å². The molecule has 0 heterocycles. The Bertz CT molecular complexity index is 843. The molecule has 2 aromatic carbocycles. The maximum Gasteiger partial charge on any atom is 0.269 e. The van der Waals surface area contributed by atoms with Gasteiger partial charge in [-0.1, -0.05) is 0 Å². The molecule has 0 aliphatic heterocycles. The summed E-state index contributed by atoms with van der Waals surface area (Å²) in [5, 5.41) is 42.3. The predicted molar refractivity (Wildman–Crippen MR) is 121 cm³/mol. The Balaban J connectivity index is 1.86. The molecule has 2 aromatic rings. The minimum atomic E-state index is -0.873. The van der Waals surface area contributed by atoms with E-state index in [0.717, 1.165) is 0 Å². The molecule has 11 nitrogen and oxygen atoms in total. The average molecular weight is 463 g/mol. The number of hydrogen-bond acceptors (Lipinski definition) is 9. The van der Waals surface area contributed by atoms with Crippen LogP contribution in [0.2, 0.25) is 0 Å². The third-order valence-corrected chi connectivity index (χ3v) is 4.79. The van der Waals surface area contributed by atoms with Crippen LogP contribution < -0.4 is 9.47 Å². The number of nitro groups is 2. The standard InChI is InChI=1S/C22H29N3O8/c1-22(2,3)23(12-18(26)14-32-20-8-4-16(5-9-20)24(28)29)13-19(27)15-33-21-10-6-17(7-11-21)25(30)31/h4-11,18-19,26-27H,12-15H2,1-3H3. The first-order chi connectivity index (χ1) is 15.5. The molecule has 0 aliphatic rings. The highest BCUT2D eigenvalue weighted by Gasteiger charge is 2.26. The van der Waals surface area contributed by atoms with Crippen LogP contribution >= 0.6 is 0 Å². The Morgan fingerprint density at radius 1 is 0.788 bits per heavy atom. The van der Waals surface area contributed by atoms with Gasteiger partial charge in [-0.2, -0.15) is 0 Å². The number of hydrogen-bond donors (Lipinski definition) is 2. The van der Waals surface area contributed by atoms with Crippen molar-refractivity contribution in [1.82, 2.24) is 4.90 Å². The summed E-state index contributed by atoms with van der Waals surface area (Å²) < 4.78 is 11.0. The van der Waals surface area contributed by atoms with Crippen LogP contribution in [-0.2, 0) is 0 Å². The molecule has 180 valence electrons. The first-order valence-corrected chi connectivity index (χ1v) is 10.3. The summed E-state index contributed by atoms with van der Waals surface area (Å²) in [6.45, 7) is 6.21. The second-order valence-corrected chi connectivity index (χ2v) is 8.51. The van der Waals surface area contributed by atoms with Gasteiger partial charge >= 0.3 is 0 Å². The Labute approximate surface area is 191 Å². The number of β-amino-alcohol motifs (C(OH)–C–C–N with tert-alkyl or cyclic N) is 2. The lowest BCUT2D eigenvalue weighted by molar-refractivity contribution is -0.385. The van der Waals surface area contributed by atoms with E-state index in [-0.39, 0.29) is 43.2 Å². The van der Waals surface area contributed by atoms with Gasteiger partial charge in [-0.15, -0.1) is 0 Å². The Kier molecular flexibility index (Phi) is 9.09. The number of non-ortho nitro benzene ring substituents is 2. The number of aliphatic hydroxyl groups excluding tert-OH is 2. The van der Waals surface area contributed by atoms with E-state index in [4.69, 9.17) is 9.47 Å². The summed E-state index contributed by atoms with van der Waals surface area (Å²) in [6, 6.07) is 11.2. The highest BCUT2D eigenvalue weighted by atomic mass is 16.6. The van der Waals surface area contributed by atoms with Crippen LogP contribution in [0.1, 0.15) is 20.8 Å². The van der Waals surface area contributed by atoms with Gasteiger partial charge in [-0.05, 0) is 45.0 Å². The van der Waals surface area contributed by atoms with Gasteiger partial charge in [-0.25, -0.2) is 0 Å². The highest BCUT2D eigenvalue weighted by molar-refractivity contribution is 5.36. The van der Waals surface area contributed by atoms with Crippen LogP contribution in [0.4, 0.5) is 11.4 Å². The molecule has 0 aromatic heterocycles. The van der Waals surface area contributed by atoms with Crippen LogP contribution in [-0.4, -0.2) is 69.0 Å². The number of nitro benzene ring substituents is 2. The van der Waals surface area contributed by atoms with Gasteiger partial charge in [0, 0.05) is 42.9 Å². The van der Waals surface area contributed by atoms with E-state index in [0.29, 0.717) is 11.5 Å². The fourth-order valence-electron chi connectivity index (χ4n) is 2.95. The molecule has 2 rings (SSSR count). The van der Waals surface area contributed by atoms with Crippen molar-refractivity contribution in [2.24, 2.45) is 0 Å². The fraction of sp³-hybridized carbons (Fsp3) is 0.455. The number of aliphatic hydroxyl groups is 2. The van der Waals surface area contributed by atoms with Gasteiger partial charge in [0.2, 0.25) is 0 Å². The van der Waals surface area contributed by atoms with Gasteiger partial charge in [-0.3, -0.25) is 25.1 Å². The molecule has 11 heteroatoms. The van der Waals surface area contributed by atoms with E-state index in [1.807, 2.05) is 25.7 Å². The van der Waals surface area contributed by atoms with Crippen LogP contribution in [0.3, 0.4) is 0 Å². The summed E-state index contributed by atoms with van der Waals surface area (Å²) in [5.41, 5.74) is -0.471. The number of benzene rings is 2. The predicted octanol–water partition coefficient (Wildman–Crippen LogP) is 2.78. The van der Waals surface area contributed by atoms with Gasteiger partial charge in [0.15, 0.2) is 0 Å². The van der Waals surface area contributed by atoms with Gasteiger partial charge in [0.1, 0.15) is 36.9 Å². The van der Waals surface area contributed by atoms with E-state index in [2.05, 4.69) is 0 Å². The second kappa shape index (κ2) is 11.5. The van der Waals surface area contributed by atoms with Crippen LogP contribution in [0.15, 0.2) is 48.5 Å². The van der Waals surface area contributed by atoms with Gasteiger partial charge in [0.05, 0.1) is 9.85 Å². The largest absolute Gasteiger partial charge is 0.491 e. The SMILES string of the molecule is CC(C)(C)N(CC(O)COc1ccc([N+](=O)[O-])cc1)CC(O)COc1ccc([N+](=O)[O-])cc1. The highest BCUT2D eigenvalue weighted by Crippen LogP contribution is 2.20. The molecular formula is C22H29N3O8. The molecule has 0 amide bonds. The van der Waals surface area contributed by atoms with Crippen molar-refractivity contribution >= 4 is 11.4 Å². The quantitative estimate of drug-likeness (QED) is 0.358. The first-order valence-electron chi connectivity index (χ1n) is 10.3. The zero-order chi connectivity index (χ0) is 24.6. The molecule has 2 N–H and O–H groups in total. The Morgan fingerprint density at radius 2 is 1.12 bits per heavy atom. The Morgan fingerprint density at radius 3 is 1.39 bits per heavy atom. The third-order valence-electron chi connectivity index (χ3n) is 4.79. The second-order valence-electron chi connectivity index (χ2n) is 8.51. The normalized spacial score (nSPS) is 13.4. The van der Waals surface area contributed by atoms with Crippen molar-refractivity contribution in [2.45, 2.75) is 38.5 Å². The smallest absolute Gasteiger partial charge is 0.269 e. The van der Waals surface area contributed by atoms with E-state index in [1.54, 1.807) is 0 Å². The molecule has 2 atom stereocenters. The molecule has 0 spiro atoms. The lowest BCUT2D eigenvalue weighted by Crippen LogP contribution is -2.50. The van der Waals surface area contributed by atoms with Crippen molar-refractivity contribution in [3.8, 4) is 11.5 Å². The molecule has 0 fully saturated rings. The summed E-state index contributed by atoms with van der Waals surface area (Å²) in [6.07, 6.45) is -1.75. The molecule has 33 heavy (non-hydrogen) atoms. The lowest BCUT2D eigenvalue weighted by Gasteiger charge is -2.38. The molecular weight excluding hydrogens is 434 g/mol. The van der Waals surface area contributed by atoms with E-state index >= 15 is 0 Å². The minimum Gasteiger partial charge on any atom is -0.491 e. The summed E-state index contributed by atoms with van der Waals surface area (Å²) >= 11 is 0. The van der Waals surface area contributed by atoms with Crippen molar-refractivity contribution < 1.29 is 29.5 Å². The van der Waals surface area contributed by atoms with E-state index in [9.17, 15) is 30.4 Å². The van der Waals surface area contributed by atoms with Crippen molar-refractivity contribution in [1.29, 1.82) is 0 Å². The average Bonchev–Trinajstić information content (AvgIpc) is 2.75. The first kappa shape index (κ1) is 26.0. The molecule has 0 saturated heterocycles. The molecule has 0 saturated carbocycles. The zero-order valence-electron chi connectivity index (χ0n) is 18.8. The molecule has 2 unspecified atom stereocenters. The number of nitrogens with zero attached hydrogens (tertiary/aromatic N) is 3. The van der Waals surface area contributed by atoms with Crippen molar-refractivity contribution in [3.05, 3.63) is 68.8 Å². The molecule has 0 radical (unpaired) electrons. The molecule has 0 bridgehead atoms. The summed E-state index contributed by atoms with van der Waals surface area (Å²) in [4.78, 5) is 22.3. The summed E-state index contributed by atoms with van der Waals surface area (Å²) in [5.74, 6) is 0.803.